The van der Waals surface area contributed by atoms with E-state index >= 15 is 0 Å². The maximum Gasteiger partial charge on any atom is 0.239 e. The minimum atomic E-state index is -0.0444. The molecule has 2 aliphatic rings. The second kappa shape index (κ2) is 8.08. The number of nitrogens with zero attached hydrogens (tertiary/aromatic N) is 2. The number of aromatic nitrogens is 1. The predicted molar refractivity (Wildman–Crippen MR) is 111 cm³/mol. The SMILES string of the molecule is CN/C=C(\C=N)c1ccc2cnc(NC(=O)CN3C4CCC3COC4)cc2c1. The Bertz CT molecular complexity index is 910. The first kappa shape index (κ1) is 18.6. The summed E-state index contributed by atoms with van der Waals surface area (Å²) in [6.45, 7) is 1.81. The van der Waals surface area contributed by atoms with Crippen molar-refractivity contribution in [2.45, 2.75) is 24.9 Å². The number of anilines is 1. The number of amides is 1. The minimum absolute atomic E-state index is 0.0444. The van der Waals surface area contributed by atoms with Crippen molar-refractivity contribution in [1.29, 1.82) is 5.41 Å². The molecular weight excluding hydrogens is 354 g/mol. The zero-order valence-electron chi connectivity index (χ0n) is 15.9. The monoisotopic (exact) mass is 379 g/mol. The number of hydrogen-bond acceptors (Lipinski definition) is 6. The maximum atomic E-state index is 12.6. The van der Waals surface area contributed by atoms with E-state index in [0.717, 1.165) is 48.0 Å². The number of morpholine rings is 1. The van der Waals surface area contributed by atoms with Crippen LogP contribution in [0.4, 0.5) is 5.82 Å². The molecule has 28 heavy (non-hydrogen) atoms. The molecule has 1 amide bonds. The molecule has 0 aliphatic carbocycles. The van der Waals surface area contributed by atoms with Gasteiger partial charge >= 0.3 is 0 Å². The quantitative estimate of drug-likeness (QED) is 0.670. The first-order valence-corrected chi connectivity index (χ1v) is 9.59. The van der Waals surface area contributed by atoms with Crippen LogP contribution in [-0.4, -0.2) is 60.9 Å². The summed E-state index contributed by atoms with van der Waals surface area (Å²) in [4.78, 5) is 19.2. The lowest BCUT2D eigenvalue weighted by molar-refractivity contribution is -0.120. The highest BCUT2D eigenvalue weighted by atomic mass is 16.5. The number of benzene rings is 1. The Morgan fingerprint density at radius 1 is 1.29 bits per heavy atom. The summed E-state index contributed by atoms with van der Waals surface area (Å²) in [6, 6.07) is 8.53. The smallest absolute Gasteiger partial charge is 0.239 e. The average molecular weight is 379 g/mol. The highest BCUT2D eigenvalue weighted by Gasteiger charge is 2.38. The van der Waals surface area contributed by atoms with Gasteiger partial charge in [0, 0.05) is 48.7 Å². The minimum Gasteiger partial charge on any atom is -0.393 e. The molecule has 2 aliphatic heterocycles. The van der Waals surface area contributed by atoms with E-state index in [-0.39, 0.29) is 5.91 Å². The Morgan fingerprint density at radius 2 is 2.07 bits per heavy atom. The summed E-state index contributed by atoms with van der Waals surface area (Å²) in [5.41, 5.74) is 1.72. The molecule has 146 valence electrons. The van der Waals surface area contributed by atoms with Gasteiger partial charge in [-0.3, -0.25) is 9.69 Å². The van der Waals surface area contributed by atoms with Crippen LogP contribution in [0.2, 0.25) is 0 Å². The Labute approximate surface area is 164 Å². The number of nitrogens with one attached hydrogen (secondary N) is 3. The van der Waals surface area contributed by atoms with Gasteiger partial charge in [-0.05, 0) is 35.9 Å². The largest absolute Gasteiger partial charge is 0.393 e. The number of ether oxygens (including phenoxy) is 1. The summed E-state index contributed by atoms with van der Waals surface area (Å²) < 4.78 is 5.58. The Morgan fingerprint density at radius 3 is 2.79 bits per heavy atom. The fraction of sp³-hybridized carbons (Fsp3) is 0.381. The zero-order valence-corrected chi connectivity index (χ0v) is 15.9. The predicted octanol–water partition coefficient (Wildman–Crippen LogP) is 2.25. The van der Waals surface area contributed by atoms with E-state index in [2.05, 4.69) is 20.5 Å². The summed E-state index contributed by atoms with van der Waals surface area (Å²) in [7, 11) is 1.81. The molecule has 2 aromatic rings. The summed E-state index contributed by atoms with van der Waals surface area (Å²) in [6.07, 6.45) is 7.07. The molecule has 0 radical (unpaired) electrons. The lowest BCUT2D eigenvalue weighted by Crippen LogP contribution is -2.48. The number of rotatable bonds is 6. The molecule has 0 spiro atoms. The first-order chi connectivity index (χ1) is 13.7. The third kappa shape index (κ3) is 3.76. The lowest BCUT2D eigenvalue weighted by Gasteiger charge is -2.33. The standard InChI is InChI=1S/C21H25N5O2/c1-23-9-17(8-22)14-2-3-15-10-24-20(7-16(15)6-14)25-21(27)11-26-18-4-5-19(26)13-28-12-18/h2-3,6-10,18-19,22-23H,4-5,11-13H2,1H3,(H,24,25,27)/b17-9+,22-8?. The molecule has 2 saturated heterocycles. The van der Waals surface area contributed by atoms with Crippen LogP contribution in [0.1, 0.15) is 18.4 Å². The van der Waals surface area contributed by atoms with Crippen molar-refractivity contribution >= 4 is 34.3 Å². The number of carbonyl (C=O) groups excluding carboxylic acids is 1. The van der Waals surface area contributed by atoms with E-state index in [1.54, 1.807) is 12.4 Å². The van der Waals surface area contributed by atoms with Crippen molar-refractivity contribution < 1.29 is 9.53 Å². The topological polar surface area (TPSA) is 90.3 Å². The zero-order chi connectivity index (χ0) is 19.5. The number of allylic oxidation sites excluding steroid dienone is 1. The van der Waals surface area contributed by atoms with Crippen molar-refractivity contribution in [2.24, 2.45) is 0 Å². The summed E-state index contributed by atoms with van der Waals surface area (Å²) in [5, 5.41) is 15.4. The first-order valence-electron chi connectivity index (χ1n) is 9.59. The Kier molecular flexibility index (Phi) is 5.36. The average Bonchev–Trinajstić information content (AvgIpc) is 2.91. The molecule has 7 nitrogen and oxygen atoms in total. The molecule has 3 heterocycles. The highest BCUT2D eigenvalue weighted by Crippen LogP contribution is 2.28. The molecule has 1 aromatic carbocycles. The second-order valence-corrected chi connectivity index (χ2v) is 7.31. The van der Waals surface area contributed by atoms with Crippen molar-refractivity contribution in [3.63, 3.8) is 0 Å². The third-order valence-electron chi connectivity index (χ3n) is 5.50. The molecule has 7 heteroatoms. The molecule has 1 aromatic heterocycles. The molecule has 4 rings (SSSR count). The number of carbonyl (C=O) groups is 1. The van der Waals surface area contributed by atoms with Crippen molar-refractivity contribution in [3.05, 3.63) is 42.2 Å². The highest BCUT2D eigenvalue weighted by molar-refractivity contribution is 6.09. The van der Waals surface area contributed by atoms with E-state index in [1.165, 1.54) is 6.21 Å². The lowest BCUT2D eigenvalue weighted by atomic mass is 10.0. The van der Waals surface area contributed by atoms with Crippen LogP contribution in [0, 0.1) is 5.41 Å². The van der Waals surface area contributed by atoms with E-state index in [1.807, 2.05) is 31.3 Å². The van der Waals surface area contributed by atoms with Crippen LogP contribution < -0.4 is 10.6 Å². The van der Waals surface area contributed by atoms with Gasteiger partial charge in [-0.15, -0.1) is 0 Å². The van der Waals surface area contributed by atoms with Crippen LogP contribution in [0.5, 0.6) is 0 Å². The number of fused-ring (bicyclic) bond motifs is 3. The normalized spacial score (nSPS) is 22.2. The van der Waals surface area contributed by atoms with Gasteiger partial charge in [-0.1, -0.05) is 12.1 Å². The van der Waals surface area contributed by atoms with Gasteiger partial charge in [0.1, 0.15) is 5.82 Å². The molecule has 3 N–H and O–H groups in total. The van der Waals surface area contributed by atoms with Crippen molar-refractivity contribution in [3.8, 4) is 0 Å². The van der Waals surface area contributed by atoms with Crippen LogP contribution in [0.25, 0.3) is 16.3 Å². The fourth-order valence-electron chi connectivity index (χ4n) is 4.07. The van der Waals surface area contributed by atoms with Gasteiger partial charge in [0.05, 0.1) is 19.8 Å². The van der Waals surface area contributed by atoms with Gasteiger partial charge in [-0.2, -0.15) is 0 Å². The summed E-state index contributed by atoms with van der Waals surface area (Å²) >= 11 is 0. The van der Waals surface area contributed by atoms with Gasteiger partial charge in [-0.25, -0.2) is 4.98 Å². The van der Waals surface area contributed by atoms with Gasteiger partial charge in [0.15, 0.2) is 0 Å². The van der Waals surface area contributed by atoms with Crippen LogP contribution in [0.15, 0.2) is 36.7 Å². The fourth-order valence-corrected chi connectivity index (χ4v) is 4.07. The summed E-state index contributed by atoms with van der Waals surface area (Å²) in [5.74, 6) is 0.501. The molecule has 2 bridgehead atoms. The van der Waals surface area contributed by atoms with Gasteiger partial charge in [0.2, 0.25) is 5.91 Å². The van der Waals surface area contributed by atoms with E-state index in [0.29, 0.717) is 24.4 Å². The Hall–Kier alpha value is -2.77. The van der Waals surface area contributed by atoms with Crippen molar-refractivity contribution in [2.75, 3.05) is 32.1 Å². The molecule has 0 saturated carbocycles. The van der Waals surface area contributed by atoms with E-state index in [9.17, 15) is 4.79 Å². The van der Waals surface area contributed by atoms with Crippen LogP contribution >= 0.6 is 0 Å². The molecule has 2 atom stereocenters. The molecular formula is C21H25N5O2. The van der Waals surface area contributed by atoms with Gasteiger partial charge in [0.25, 0.3) is 0 Å². The van der Waals surface area contributed by atoms with Gasteiger partial charge < -0.3 is 20.8 Å². The third-order valence-corrected chi connectivity index (χ3v) is 5.50. The molecule has 2 unspecified atom stereocenters. The molecule has 2 fully saturated rings. The Balaban J connectivity index is 1.50. The second-order valence-electron chi connectivity index (χ2n) is 7.31. The van der Waals surface area contributed by atoms with E-state index < -0.39 is 0 Å². The van der Waals surface area contributed by atoms with E-state index in [4.69, 9.17) is 10.1 Å². The van der Waals surface area contributed by atoms with Crippen LogP contribution in [0.3, 0.4) is 0 Å². The number of hydrogen-bond donors (Lipinski definition) is 3. The van der Waals surface area contributed by atoms with Crippen molar-refractivity contribution in [1.82, 2.24) is 15.2 Å². The van der Waals surface area contributed by atoms with Crippen LogP contribution in [-0.2, 0) is 9.53 Å². The number of pyridine rings is 1. The maximum absolute atomic E-state index is 12.6.